The number of hydrogen-bond donors (Lipinski definition) is 1. The summed E-state index contributed by atoms with van der Waals surface area (Å²) in [6.45, 7) is 6.04. The number of allylic oxidation sites excluding steroid dienone is 2. The molecule has 4 heteroatoms. The zero-order valence-electron chi connectivity index (χ0n) is 16.4. The Kier molecular flexibility index (Phi) is 17.4. The average molecular weight is 361 g/mol. The van der Waals surface area contributed by atoms with Gasteiger partial charge in [0, 0.05) is 0 Å². The first-order chi connectivity index (χ1) is 11.6. The van der Waals surface area contributed by atoms with Crippen molar-refractivity contribution >= 4 is 8.25 Å². The van der Waals surface area contributed by atoms with E-state index in [4.69, 9.17) is 9.42 Å². The smallest absolute Gasteiger partial charge is 0.364 e. The van der Waals surface area contributed by atoms with Crippen LogP contribution in [0.2, 0.25) is 0 Å². The van der Waals surface area contributed by atoms with Crippen molar-refractivity contribution in [1.82, 2.24) is 0 Å². The van der Waals surface area contributed by atoms with Crippen LogP contribution in [0.3, 0.4) is 0 Å². The standard InChI is InChI=1S/C20H41O3P/c1-4-5-6-7-8-9-10-11-12-13-14-15-16-17-18-19(2)20(3)23-24(21)22/h24H,4-18H2,1-3H3,(H,21,22). The lowest BCUT2D eigenvalue weighted by molar-refractivity contribution is 0.348. The van der Waals surface area contributed by atoms with E-state index in [1.807, 2.05) is 6.92 Å². The minimum absolute atomic E-state index is 0.621. The molecule has 1 N–H and O–H groups in total. The number of hydrogen-bond acceptors (Lipinski definition) is 2. The van der Waals surface area contributed by atoms with Crippen LogP contribution < -0.4 is 0 Å². The van der Waals surface area contributed by atoms with E-state index >= 15 is 0 Å². The second-order valence-corrected chi connectivity index (χ2v) is 7.79. The third kappa shape index (κ3) is 16.6. The topological polar surface area (TPSA) is 46.5 Å². The third-order valence-corrected chi connectivity index (χ3v) is 5.23. The summed E-state index contributed by atoms with van der Waals surface area (Å²) in [5, 5.41) is 0. The normalized spacial score (nSPS) is 13.7. The van der Waals surface area contributed by atoms with Gasteiger partial charge in [-0.3, -0.25) is 0 Å². The second-order valence-electron chi connectivity index (χ2n) is 7.05. The first-order valence-electron chi connectivity index (χ1n) is 10.1. The predicted molar refractivity (Wildman–Crippen MR) is 106 cm³/mol. The molecule has 0 radical (unpaired) electrons. The van der Waals surface area contributed by atoms with Crippen LogP contribution in [0.1, 0.15) is 117 Å². The third-order valence-electron chi connectivity index (χ3n) is 4.75. The van der Waals surface area contributed by atoms with E-state index in [1.54, 1.807) is 6.92 Å². The second kappa shape index (κ2) is 17.5. The predicted octanol–water partition coefficient (Wildman–Crippen LogP) is 7.55. The number of rotatable bonds is 17. The molecule has 1 unspecified atom stereocenters. The minimum Gasteiger partial charge on any atom is -0.431 e. The highest BCUT2D eigenvalue weighted by molar-refractivity contribution is 7.32. The highest BCUT2D eigenvalue weighted by Gasteiger charge is 2.01. The summed E-state index contributed by atoms with van der Waals surface area (Å²) in [6.07, 6.45) is 20.1. The molecule has 3 nitrogen and oxygen atoms in total. The molecular weight excluding hydrogens is 319 g/mol. The van der Waals surface area contributed by atoms with Crippen molar-refractivity contribution in [3.63, 3.8) is 0 Å². The molecule has 1 atom stereocenters. The molecule has 0 aliphatic carbocycles. The molecule has 0 saturated heterocycles. The zero-order chi connectivity index (χ0) is 18.0. The van der Waals surface area contributed by atoms with E-state index < -0.39 is 8.25 Å². The fourth-order valence-electron chi connectivity index (χ4n) is 2.98. The molecule has 144 valence electrons. The Labute approximate surface area is 151 Å². The minimum atomic E-state index is -2.84. The monoisotopic (exact) mass is 360 g/mol. The van der Waals surface area contributed by atoms with Crippen molar-refractivity contribution < 1.29 is 14.0 Å². The molecular formula is C20H41O3P. The van der Waals surface area contributed by atoms with E-state index in [9.17, 15) is 4.57 Å². The van der Waals surface area contributed by atoms with E-state index in [0.29, 0.717) is 5.76 Å². The highest BCUT2D eigenvalue weighted by Crippen LogP contribution is 2.24. The molecule has 0 amide bonds. The van der Waals surface area contributed by atoms with Gasteiger partial charge in [-0.15, -0.1) is 0 Å². The van der Waals surface area contributed by atoms with Gasteiger partial charge in [0.05, 0.1) is 0 Å². The first kappa shape index (κ1) is 23.7. The van der Waals surface area contributed by atoms with Crippen LogP contribution in [-0.4, -0.2) is 4.89 Å². The van der Waals surface area contributed by atoms with Gasteiger partial charge < -0.3 is 9.42 Å². The summed E-state index contributed by atoms with van der Waals surface area (Å²) in [7, 11) is -2.84. The van der Waals surface area contributed by atoms with Gasteiger partial charge in [0.25, 0.3) is 0 Å². The Hall–Kier alpha value is -0.270. The Morgan fingerprint density at radius 3 is 1.50 bits per heavy atom. The van der Waals surface area contributed by atoms with Crippen LogP contribution in [-0.2, 0) is 9.09 Å². The quantitative estimate of drug-likeness (QED) is 0.165. The van der Waals surface area contributed by atoms with Gasteiger partial charge in [-0.05, 0) is 32.3 Å². The van der Waals surface area contributed by atoms with E-state index in [1.165, 1.54) is 83.5 Å². The van der Waals surface area contributed by atoms with Crippen molar-refractivity contribution in [2.24, 2.45) is 0 Å². The Morgan fingerprint density at radius 1 is 0.750 bits per heavy atom. The summed E-state index contributed by atoms with van der Waals surface area (Å²) in [4.78, 5) is 8.76. The highest BCUT2D eigenvalue weighted by atomic mass is 31.1. The van der Waals surface area contributed by atoms with Gasteiger partial charge in [0.15, 0.2) is 0 Å². The largest absolute Gasteiger partial charge is 0.431 e. The summed E-state index contributed by atoms with van der Waals surface area (Å²) < 4.78 is 15.5. The van der Waals surface area contributed by atoms with Crippen LogP contribution in [0.15, 0.2) is 11.3 Å². The lowest BCUT2D eigenvalue weighted by atomic mass is 10.0. The maximum absolute atomic E-state index is 10.6. The van der Waals surface area contributed by atoms with Crippen molar-refractivity contribution in [3.8, 4) is 0 Å². The Bertz CT molecular complexity index is 340. The lowest BCUT2D eigenvalue weighted by Crippen LogP contribution is -1.88. The molecule has 0 spiro atoms. The molecule has 0 aromatic carbocycles. The van der Waals surface area contributed by atoms with Gasteiger partial charge in [0.2, 0.25) is 0 Å². The van der Waals surface area contributed by atoms with Crippen molar-refractivity contribution in [2.75, 3.05) is 0 Å². The van der Waals surface area contributed by atoms with Crippen LogP contribution in [0, 0.1) is 0 Å². The fourth-order valence-corrected chi connectivity index (χ4v) is 3.41. The van der Waals surface area contributed by atoms with E-state index in [0.717, 1.165) is 18.4 Å². The molecule has 0 fully saturated rings. The summed E-state index contributed by atoms with van der Waals surface area (Å²) >= 11 is 0. The SMILES string of the molecule is CCCCCCCCCCCCCCCCC(C)=C(C)O[PH](=O)O. The Balaban J connectivity index is 3.29. The van der Waals surface area contributed by atoms with Crippen molar-refractivity contribution in [1.29, 1.82) is 0 Å². The van der Waals surface area contributed by atoms with E-state index in [-0.39, 0.29) is 0 Å². The molecule has 0 aromatic rings. The summed E-state index contributed by atoms with van der Waals surface area (Å²) in [6, 6.07) is 0. The van der Waals surface area contributed by atoms with Crippen LogP contribution in [0.4, 0.5) is 0 Å². The van der Waals surface area contributed by atoms with Crippen LogP contribution in [0.25, 0.3) is 0 Å². The molecule has 0 aliphatic heterocycles. The lowest BCUT2D eigenvalue weighted by Gasteiger charge is -2.07. The Morgan fingerprint density at radius 2 is 1.12 bits per heavy atom. The summed E-state index contributed by atoms with van der Waals surface area (Å²) in [5.74, 6) is 0.621. The molecule has 0 aromatic heterocycles. The molecule has 0 bridgehead atoms. The van der Waals surface area contributed by atoms with Gasteiger partial charge in [-0.1, -0.05) is 90.4 Å². The molecule has 0 heterocycles. The molecule has 0 aliphatic rings. The first-order valence-corrected chi connectivity index (χ1v) is 11.4. The van der Waals surface area contributed by atoms with Crippen molar-refractivity contribution in [3.05, 3.63) is 11.3 Å². The fraction of sp³-hybridized carbons (Fsp3) is 0.900. The molecule has 24 heavy (non-hydrogen) atoms. The molecule has 0 rings (SSSR count). The zero-order valence-corrected chi connectivity index (χ0v) is 17.4. The van der Waals surface area contributed by atoms with Crippen LogP contribution >= 0.6 is 8.25 Å². The van der Waals surface area contributed by atoms with Gasteiger partial charge in [-0.2, -0.15) is 0 Å². The number of unbranched alkanes of at least 4 members (excludes halogenated alkanes) is 13. The maximum Gasteiger partial charge on any atom is 0.364 e. The molecule has 0 saturated carbocycles. The van der Waals surface area contributed by atoms with Gasteiger partial charge >= 0.3 is 8.25 Å². The van der Waals surface area contributed by atoms with Crippen molar-refractivity contribution in [2.45, 2.75) is 117 Å². The summed E-state index contributed by atoms with van der Waals surface area (Å²) in [5.41, 5.74) is 1.10. The van der Waals surface area contributed by atoms with E-state index in [2.05, 4.69) is 6.92 Å². The van der Waals surface area contributed by atoms with Gasteiger partial charge in [0.1, 0.15) is 5.76 Å². The maximum atomic E-state index is 10.6. The van der Waals surface area contributed by atoms with Crippen LogP contribution in [0.5, 0.6) is 0 Å². The average Bonchev–Trinajstić information content (AvgIpc) is 2.54. The van der Waals surface area contributed by atoms with Gasteiger partial charge in [-0.25, -0.2) is 4.57 Å².